The van der Waals surface area contributed by atoms with Crippen LogP contribution in [0.2, 0.25) is 0 Å². The fourth-order valence-corrected chi connectivity index (χ4v) is 2.48. The summed E-state index contributed by atoms with van der Waals surface area (Å²) in [6.45, 7) is 6.61. The Kier molecular flexibility index (Phi) is 17.4. The minimum absolute atomic E-state index is 0.0693. The van der Waals surface area contributed by atoms with Crippen molar-refractivity contribution in [2.45, 2.75) is 84.5 Å². The second kappa shape index (κ2) is 18.2. The molecule has 0 rings (SSSR count). The first-order chi connectivity index (χ1) is 11.7. The number of unbranched alkanes of at least 4 members (excludes halogenated alkanes) is 8. The first-order valence-corrected chi connectivity index (χ1v) is 9.83. The minimum atomic E-state index is -0.0693. The fourth-order valence-electron chi connectivity index (χ4n) is 2.48. The molecule has 0 heterocycles. The molecule has 0 saturated heterocycles. The molecular formula is C19H38N2O3. The van der Waals surface area contributed by atoms with Gasteiger partial charge < -0.3 is 15.4 Å². The molecule has 0 radical (unpaired) electrons. The van der Waals surface area contributed by atoms with Crippen LogP contribution in [0.1, 0.15) is 84.5 Å². The van der Waals surface area contributed by atoms with Crippen LogP contribution in [-0.4, -0.2) is 38.1 Å². The lowest BCUT2D eigenvalue weighted by atomic mass is 10.1. The first kappa shape index (κ1) is 22.9. The molecule has 0 aliphatic carbocycles. The normalized spacial score (nSPS) is 10.6. The summed E-state index contributed by atoms with van der Waals surface area (Å²) in [5.74, 6) is 0.0350. The molecule has 1 amide bonds. The number of carbonyl (C=O) groups excluding carboxylic acids is 2. The van der Waals surface area contributed by atoms with Crippen molar-refractivity contribution >= 4 is 11.9 Å². The van der Waals surface area contributed by atoms with Gasteiger partial charge in [-0.1, -0.05) is 51.9 Å². The number of rotatable bonds is 17. The molecule has 0 bridgehead atoms. The van der Waals surface area contributed by atoms with Gasteiger partial charge in [-0.2, -0.15) is 0 Å². The van der Waals surface area contributed by atoms with Crippen molar-refractivity contribution < 1.29 is 14.3 Å². The number of ether oxygens (including phenoxy) is 1. The molecule has 2 N–H and O–H groups in total. The summed E-state index contributed by atoms with van der Waals surface area (Å²) in [4.78, 5) is 22.7. The lowest BCUT2D eigenvalue weighted by Crippen LogP contribution is -2.34. The first-order valence-electron chi connectivity index (χ1n) is 9.83. The predicted molar refractivity (Wildman–Crippen MR) is 99.0 cm³/mol. The summed E-state index contributed by atoms with van der Waals surface area (Å²) >= 11 is 0. The van der Waals surface area contributed by atoms with E-state index in [9.17, 15) is 9.59 Å². The molecule has 0 aromatic rings. The van der Waals surface area contributed by atoms with Crippen LogP contribution in [0.5, 0.6) is 0 Å². The SMILES string of the molecule is CCCCNCC(=O)NCCCCCCCCCCC(=O)OCC. The van der Waals surface area contributed by atoms with Crippen LogP contribution in [0, 0.1) is 0 Å². The van der Waals surface area contributed by atoms with E-state index in [4.69, 9.17) is 4.74 Å². The Bertz CT molecular complexity index is 309. The van der Waals surface area contributed by atoms with Gasteiger partial charge in [-0.25, -0.2) is 0 Å². The smallest absolute Gasteiger partial charge is 0.305 e. The maximum Gasteiger partial charge on any atom is 0.305 e. The third-order valence-corrected chi connectivity index (χ3v) is 3.93. The van der Waals surface area contributed by atoms with Crippen LogP contribution < -0.4 is 10.6 Å². The Labute approximate surface area is 148 Å². The van der Waals surface area contributed by atoms with Gasteiger partial charge in [-0.15, -0.1) is 0 Å². The Morgan fingerprint density at radius 3 is 2.04 bits per heavy atom. The number of carbonyl (C=O) groups is 2. The number of nitrogens with one attached hydrogen (secondary N) is 2. The Morgan fingerprint density at radius 2 is 1.42 bits per heavy atom. The van der Waals surface area contributed by atoms with Crippen molar-refractivity contribution in [2.24, 2.45) is 0 Å². The third-order valence-electron chi connectivity index (χ3n) is 3.93. The molecule has 0 aromatic heterocycles. The predicted octanol–water partition coefficient (Wildman–Crippen LogP) is 3.57. The molecule has 0 aliphatic heterocycles. The zero-order valence-corrected chi connectivity index (χ0v) is 15.8. The van der Waals surface area contributed by atoms with Gasteiger partial charge in [0.15, 0.2) is 0 Å². The molecular weight excluding hydrogens is 304 g/mol. The van der Waals surface area contributed by atoms with E-state index in [1.54, 1.807) is 0 Å². The van der Waals surface area contributed by atoms with Crippen molar-refractivity contribution in [1.82, 2.24) is 10.6 Å². The summed E-state index contributed by atoms with van der Waals surface area (Å²) in [5, 5.41) is 6.10. The molecule has 0 aromatic carbocycles. The Morgan fingerprint density at radius 1 is 0.792 bits per heavy atom. The van der Waals surface area contributed by atoms with E-state index in [0.29, 0.717) is 19.6 Å². The van der Waals surface area contributed by atoms with Crippen molar-refractivity contribution in [2.75, 3.05) is 26.2 Å². The van der Waals surface area contributed by atoms with Crippen LogP contribution in [0.3, 0.4) is 0 Å². The van der Waals surface area contributed by atoms with Crippen LogP contribution in [0.25, 0.3) is 0 Å². The highest BCUT2D eigenvalue weighted by Crippen LogP contribution is 2.09. The highest BCUT2D eigenvalue weighted by molar-refractivity contribution is 5.77. The number of amides is 1. The van der Waals surface area contributed by atoms with Crippen molar-refractivity contribution in [3.63, 3.8) is 0 Å². The van der Waals surface area contributed by atoms with E-state index < -0.39 is 0 Å². The molecule has 5 nitrogen and oxygen atoms in total. The maximum absolute atomic E-state index is 11.5. The third kappa shape index (κ3) is 17.3. The molecule has 0 aliphatic rings. The van der Waals surface area contributed by atoms with Crippen LogP contribution in [0.15, 0.2) is 0 Å². The van der Waals surface area contributed by atoms with Gasteiger partial charge in [-0.05, 0) is 32.7 Å². The Balaban J connectivity index is 3.17. The maximum atomic E-state index is 11.5. The molecule has 5 heteroatoms. The fraction of sp³-hybridized carbons (Fsp3) is 0.895. The van der Waals surface area contributed by atoms with Gasteiger partial charge in [-0.3, -0.25) is 9.59 Å². The van der Waals surface area contributed by atoms with Crippen molar-refractivity contribution in [1.29, 1.82) is 0 Å². The van der Waals surface area contributed by atoms with Crippen molar-refractivity contribution in [3.8, 4) is 0 Å². The van der Waals surface area contributed by atoms with Gasteiger partial charge >= 0.3 is 5.97 Å². The molecule has 24 heavy (non-hydrogen) atoms. The molecule has 0 unspecified atom stereocenters. The monoisotopic (exact) mass is 342 g/mol. The van der Waals surface area contributed by atoms with E-state index in [0.717, 1.165) is 45.2 Å². The summed E-state index contributed by atoms with van der Waals surface area (Å²) in [5.41, 5.74) is 0. The van der Waals surface area contributed by atoms with E-state index in [-0.39, 0.29) is 11.9 Å². The highest BCUT2D eigenvalue weighted by Gasteiger charge is 2.01. The second-order valence-electron chi connectivity index (χ2n) is 6.26. The molecule has 0 fully saturated rings. The van der Waals surface area contributed by atoms with Gasteiger partial charge in [0.05, 0.1) is 13.2 Å². The van der Waals surface area contributed by atoms with E-state index in [1.165, 1.54) is 32.1 Å². The average molecular weight is 343 g/mol. The molecule has 0 atom stereocenters. The standard InChI is InChI=1S/C19H38N2O3/c1-3-5-15-20-17-18(22)21-16-13-11-9-7-6-8-10-12-14-19(23)24-4-2/h20H,3-17H2,1-2H3,(H,21,22). The van der Waals surface area contributed by atoms with Gasteiger partial charge in [0.25, 0.3) is 0 Å². The largest absolute Gasteiger partial charge is 0.466 e. The van der Waals surface area contributed by atoms with E-state index >= 15 is 0 Å². The zero-order valence-electron chi connectivity index (χ0n) is 15.8. The highest BCUT2D eigenvalue weighted by atomic mass is 16.5. The number of esters is 1. The van der Waals surface area contributed by atoms with Gasteiger partial charge in [0.1, 0.15) is 0 Å². The lowest BCUT2D eigenvalue weighted by molar-refractivity contribution is -0.143. The Hall–Kier alpha value is -1.10. The molecule has 142 valence electrons. The molecule has 0 saturated carbocycles. The summed E-state index contributed by atoms with van der Waals surface area (Å²) in [6, 6.07) is 0. The van der Waals surface area contributed by atoms with E-state index in [1.807, 2.05) is 6.92 Å². The summed E-state index contributed by atoms with van der Waals surface area (Å²) < 4.78 is 4.90. The number of hydrogen-bond donors (Lipinski definition) is 2. The van der Waals surface area contributed by atoms with Gasteiger partial charge in [0.2, 0.25) is 5.91 Å². The minimum Gasteiger partial charge on any atom is -0.466 e. The van der Waals surface area contributed by atoms with E-state index in [2.05, 4.69) is 17.6 Å². The van der Waals surface area contributed by atoms with Crippen LogP contribution in [0.4, 0.5) is 0 Å². The van der Waals surface area contributed by atoms with Crippen LogP contribution in [-0.2, 0) is 14.3 Å². The van der Waals surface area contributed by atoms with Crippen molar-refractivity contribution in [3.05, 3.63) is 0 Å². The molecule has 0 spiro atoms. The quantitative estimate of drug-likeness (QED) is 0.313. The van der Waals surface area contributed by atoms with Gasteiger partial charge in [0, 0.05) is 13.0 Å². The number of hydrogen-bond acceptors (Lipinski definition) is 4. The lowest BCUT2D eigenvalue weighted by Gasteiger charge is -2.06. The summed E-state index contributed by atoms with van der Waals surface area (Å²) in [6.07, 6.45) is 12.0. The topological polar surface area (TPSA) is 67.4 Å². The zero-order chi connectivity index (χ0) is 17.9. The van der Waals surface area contributed by atoms with Crippen LogP contribution >= 0.6 is 0 Å². The second-order valence-corrected chi connectivity index (χ2v) is 6.26. The average Bonchev–Trinajstić information content (AvgIpc) is 2.57. The summed E-state index contributed by atoms with van der Waals surface area (Å²) in [7, 11) is 0.